The minimum atomic E-state index is -1.63. The summed E-state index contributed by atoms with van der Waals surface area (Å²) in [6, 6.07) is 7.35. The van der Waals surface area contributed by atoms with Crippen LogP contribution in [-0.4, -0.2) is 85.7 Å². The van der Waals surface area contributed by atoms with E-state index in [9.17, 15) is 24.3 Å². The Morgan fingerprint density at radius 2 is 1.54 bits per heavy atom. The second-order valence-corrected chi connectivity index (χ2v) is 19.0. The van der Waals surface area contributed by atoms with Gasteiger partial charge in [0.25, 0.3) is 0 Å². The molecule has 4 saturated carbocycles. The molecule has 59 heavy (non-hydrogen) atoms. The molecule has 1 saturated heterocycles. The maximum absolute atomic E-state index is 13.6. The summed E-state index contributed by atoms with van der Waals surface area (Å²) >= 11 is 0. The number of allylic oxidation sites excluding steroid dienone is 1. The highest BCUT2D eigenvalue weighted by Gasteiger charge is 2.90. The van der Waals surface area contributed by atoms with E-state index in [-0.39, 0.29) is 40.8 Å². The molecule has 0 amide bonds. The third-order valence-electron chi connectivity index (χ3n) is 15.4. The molecule has 3 unspecified atom stereocenters. The molecule has 7 rings (SSSR count). The van der Waals surface area contributed by atoms with Crippen LogP contribution in [0.15, 0.2) is 48.6 Å². The predicted octanol–water partition coefficient (Wildman–Crippen LogP) is 8.25. The molecule has 0 bridgehead atoms. The fraction of sp³-hybridized carbons (Fsp3) is 0.708. The van der Waals surface area contributed by atoms with E-state index in [4.69, 9.17) is 28.4 Å². The Bertz CT molecular complexity index is 1810. The molecular weight excluding hydrogens is 753 g/mol. The monoisotopic (exact) mass is 822 g/mol. The number of fused-ring (bicyclic) bond motifs is 9. The minimum Gasteiger partial charge on any atom is -0.496 e. The Labute approximate surface area is 351 Å². The second kappa shape index (κ2) is 17.1. The maximum Gasteiger partial charge on any atom is 0.342 e. The van der Waals surface area contributed by atoms with Crippen molar-refractivity contribution in [3.8, 4) is 5.75 Å². The smallest absolute Gasteiger partial charge is 0.342 e. The average molecular weight is 823 g/mol. The number of rotatable bonds is 7. The minimum absolute atomic E-state index is 0.000690. The van der Waals surface area contributed by atoms with Crippen LogP contribution < -0.4 is 4.74 Å². The van der Waals surface area contributed by atoms with Crippen LogP contribution in [0.25, 0.3) is 0 Å². The number of hydrogen-bond acceptors (Lipinski definition) is 11. The molecular formula is C48H70O11. The summed E-state index contributed by atoms with van der Waals surface area (Å²) in [6.07, 6.45) is 7.07. The summed E-state index contributed by atoms with van der Waals surface area (Å²) in [5, 5.41) is 13.2. The number of hydrogen-bond donors (Lipinski definition) is 1. The number of ether oxygens (including phenoxy) is 6. The first-order valence-corrected chi connectivity index (χ1v) is 21.6. The fourth-order valence-corrected chi connectivity index (χ4v) is 12.6. The van der Waals surface area contributed by atoms with Gasteiger partial charge in [-0.3, -0.25) is 14.4 Å². The lowest BCUT2D eigenvalue weighted by Crippen LogP contribution is -2.82. The van der Waals surface area contributed by atoms with E-state index in [1.54, 1.807) is 14.0 Å². The quantitative estimate of drug-likeness (QED) is 0.0933. The molecule has 1 aromatic rings. The Morgan fingerprint density at radius 1 is 0.932 bits per heavy atom. The lowest BCUT2D eigenvalue weighted by Gasteiger charge is -2.73. The van der Waals surface area contributed by atoms with Crippen LogP contribution in [0.5, 0.6) is 5.75 Å². The molecule has 0 radical (unpaired) electrons. The van der Waals surface area contributed by atoms with Gasteiger partial charge in [-0.2, -0.15) is 0 Å². The first-order valence-electron chi connectivity index (χ1n) is 21.6. The van der Waals surface area contributed by atoms with Gasteiger partial charge in [0.1, 0.15) is 18.0 Å². The van der Waals surface area contributed by atoms with Crippen molar-refractivity contribution < 1.29 is 52.7 Å². The zero-order chi connectivity index (χ0) is 43.9. The molecule has 6 aliphatic rings. The number of para-hydroxylation sites is 1. The first-order chi connectivity index (χ1) is 27.7. The van der Waals surface area contributed by atoms with Gasteiger partial charge in [0.15, 0.2) is 11.9 Å². The molecule has 2 heterocycles. The van der Waals surface area contributed by atoms with E-state index in [2.05, 4.69) is 53.3 Å². The molecule has 11 nitrogen and oxygen atoms in total. The van der Waals surface area contributed by atoms with Crippen LogP contribution in [-0.2, 0) is 38.1 Å². The van der Waals surface area contributed by atoms with E-state index in [0.717, 1.165) is 25.7 Å². The zero-order valence-electron chi connectivity index (χ0n) is 37.6. The topological polar surface area (TPSA) is 147 Å². The Balaban J connectivity index is 0.000000327. The third-order valence-corrected chi connectivity index (χ3v) is 15.4. The van der Waals surface area contributed by atoms with Gasteiger partial charge in [0.2, 0.25) is 5.60 Å². The molecule has 0 aromatic heterocycles. The SMILES string of the molecule is C=C1C[C@@]2(O)C3CC[C@]4(C)C(CC[C@@]5(C)COCC=C[C@H]54)[C@@]3(C)[C@H](OC(C)=O)[C@H](OC(C)=O)[C@@]2(C)[C@]2(C(=O)OC)O[C@H]12.CCC.CCC(C)C(=O)c1ccccc1OC. The van der Waals surface area contributed by atoms with E-state index in [1.165, 1.54) is 27.4 Å². The normalized spacial score (nSPS) is 40.4. The molecule has 328 valence electrons. The second-order valence-electron chi connectivity index (χ2n) is 19.0. The number of Topliss-reactive ketones (excluding diaryl/α,β-unsaturated/α-hetero) is 1. The van der Waals surface area contributed by atoms with Crippen molar-refractivity contribution in [2.45, 2.75) is 144 Å². The highest BCUT2D eigenvalue weighted by atomic mass is 16.7. The molecule has 13 atom stereocenters. The number of carbonyl (C=O) groups excluding carboxylic acids is 4. The lowest BCUT2D eigenvalue weighted by atomic mass is 9.32. The van der Waals surface area contributed by atoms with E-state index in [1.807, 2.05) is 38.1 Å². The lowest BCUT2D eigenvalue weighted by molar-refractivity contribution is -0.335. The van der Waals surface area contributed by atoms with Crippen molar-refractivity contribution in [1.29, 1.82) is 0 Å². The van der Waals surface area contributed by atoms with Gasteiger partial charge in [-0.25, -0.2) is 4.79 Å². The summed E-state index contributed by atoms with van der Waals surface area (Å²) in [4.78, 5) is 51.2. The zero-order valence-corrected chi connectivity index (χ0v) is 37.6. The van der Waals surface area contributed by atoms with Crippen molar-refractivity contribution in [3.05, 3.63) is 54.1 Å². The number of aliphatic hydroxyl groups is 1. The molecule has 2 aliphatic heterocycles. The highest BCUT2D eigenvalue weighted by Crippen LogP contribution is 2.78. The standard InChI is InChI=1S/C33H46O9.C12H16O2.C3H8/c1-18-16-32(37)23-12-14-29(5)21-10-9-15-39-17-28(21,4)13-11-22(29)30(23,6)25(40-19(2)34)26(41-20(3)35)31(32,7)33(24(18)42-33)27(36)38-8;1-4-9(2)12(13)10-7-5-6-8-11(10)14-3;1-3-2/h9-10,21-26,37H,1,11-17H2,2-8H3;5-9H,4H2,1-3H3;3H2,1-2H3/t21-,22?,23?,24-,25-,26+,28+,29+,30-,31-,32-,33+;;/m1../s1. The highest BCUT2D eigenvalue weighted by molar-refractivity contribution is 6.00. The van der Waals surface area contributed by atoms with Gasteiger partial charge in [-0.15, -0.1) is 0 Å². The van der Waals surface area contributed by atoms with E-state index in [0.29, 0.717) is 36.5 Å². The number of esters is 3. The number of carbonyl (C=O) groups is 4. The third kappa shape index (κ3) is 7.18. The van der Waals surface area contributed by atoms with Crippen LogP contribution in [0.3, 0.4) is 0 Å². The Hall–Kier alpha value is -3.54. The predicted molar refractivity (Wildman–Crippen MR) is 224 cm³/mol. The molecule has 1 aromatic carbocycles. The van der Waals surface area contributed by atoms with E-state index < -0.39 is 64.2 Å². The van der Waals surface area contributed by atoms with Crippen LogP contribution in [0.1, 0.15) is 125 Å². The number of methoxy groups -OCH3 is 2. The van der Waals surface area contributed by atoms with Crippen LogP contribution in [0.4, 0.5) is 0 Å². The Morgan fingerprint density at radius 3 is 2.14 bits per heavy atom. The number of benzene rings is 1. The summed E-state index contributed by atoms with van der Waals surface area (Å²) < 4.78 is 35.0. The van der Waals surface area contributed by atoms with Crippen molar-refractivity contribution in [2.24, 2.45) is 45.3 Å². The summed E-state index contributed by atoms with van der Waals surface area (Å²) in [7, 11) is 2.87. The van der Waals surface area contributed by atoms with Crippen molar-refractivity contribution in [1.82, 2.24) is 0 Å². The molecule has 4 aliphatic carbocycles. The van der Waals surface area contributed by atoms with Crippen LogP contribution in [0, 0.1) is 45.3 Å². The molecule has 0 spiro atoms. The average Bonchev–Trinajstić information content (AvgIpc) is 3.99. The molecule has 5 fully saturated rings. The van der Waals surface area contributed by atoms with Crippen molar-refractivity contribution in [2.75, 3.05) is 27.4 Å². The van der Waals surface area contributed by atoms with Gasteiger partial charge in [-0.1, -0.05) is 85.8 Å². The summed E-state index contributed by atoms with van der Waals surface area (Å²) in [5.74, 6) is -1.09. The maximum atomic E-state index is 13.6. The van der Waals surface area contributed by atoms with Crippen molar-refractivity contribution in [3.63, 3.8) is 0 Å². The molecule has 11 heteroatoms. The van der Waals surface area contributed by atoms with Crippen molar-refractivity contribution >= 4 is 23.7 Å². The van der Waals surface area contributed by atoms with Gasteiger partial charge in [-0.05, 0) is 85.3 Å². The number of epoxide rings is 1. The van der Waals surface area contributed by atoms with Gasteiger partial charge in [0.05, 0.1) is 44.0 Å². The largest absolute Gasteiger partial charge is 0.496 e. The van der Waals surface area contributed by atoms with Crippen LogP contribution in [0.2, 0.25) is 0 Å². The summed E-state index contributed by atoms with van der Waals surface area (Å²) in [5.41, 5.74) is -4.46. The number of ketones is 1. The van der Waals surface area contributed by atoms with Gasteiger partial charge < -0.3 is 33.5 Å². The van der Waals surface area contributed by atoms with Crippen LogP contribution >= 0.6 is 0 Å². The van der Waals surface area contributed by atoms with E-state index >= 15 is 0 Å². The van der Waals surface area contributed by atoms with Gasteiger partial charge >= 0.3 is 17.9 Å². The Kier molecular flexibility index (Phi) is 13.5. The molecule has 1 N–H and O–H groups in total. The van der Waals surface area contributed by atoms with Gasteiger partial charge in [0, 0.05) is 31.6 Å². The first kappa shape index (κ1) is 46.5. The summed E-state index contributed by atoms with van der Waals surface area (Å²) in [6.45, 7) is 24.8. The fourth-order valence-electron chi connectivity index (χ4n) is 12.6.